The number of carbonyl (C=O) groups excluding carboxylic acids is 3. The van der Waals surface area contributed by atoms with E-state index in [0.29, 0.717) is 47.6 Å². The van der Waals surface area contributed by atoms with Gasteiger partial charge in [-0.05, 0) is 98.4 Å². The second-order valence-electron chi connectivity index (χ2n) is 17.7. The number of hydrogen-bond donors (Lipinski definition) is 5. The van der Waals surface area contributed by atoms with Crippen LogP contribution >= 0.6 is 0 Å². The number of aliphatic hydroxyl groups is 2. The molecule has 0 fully saturated rings. The molecule has 0 bridgehead atoms. The molecular weight excluding hydrogens is 832 g/mol. The van der Waals surface area contributed by atoms with Gasteiger partial charge in [0.25, 0.3) is 5.91 Å². The highest BCUT2D eigenvalue weighted by Crippen LogP contribution is 2.42. The Bertz CT molecular complexity index is 2020. The molecule has 0 saturated heterocycles. The van der Waals surface area contributed by atoms with E-state index in [1.807, 2.05) is 79.1 Å². The average molecular weight is 909 g/mol. The molecule has 0 aliphatic heterocycles. The summed E-state index contributed by atoms with van der Waals surface area (Å²) in [5.74, 6) is -1.14. The Balaban J connectivity index is 1.18. The van der Waals surface area contributed by atoms with Gasteiger partial charge in [0.05, 0.1) is 43.1 Å². The minimum atomic E-state index is -1.09. The van der Waals surface area contributed by atoms with Gasteiger partial charge in [0.15, 0.2) is 0 Å². The summed E-state index contributed by atoms with van der Waals surface area (Å²) >= 11 is 0. The molecule has 4 rings (SSSR count). The van der Waals surface area contributed by atoms with Gasteiger partial charge in [-0.3, -0.25) is 14.4 Å². The Hall–Kier alpha value is -5.10. The third-order valence-corrected chi connectivity index (χ3v) is 11.7. The second kappa shape index (κ2) is 31.0. The van der Waals surface area contributed by atoms with Gasteiger partial charge < -0.3 is 35.5 Å². The lowest BCUT2D eigenvalue weighted by Gasteiger charge is -2.20. The smallest absolute Gasteiger partial charge is 0.258 e. The number of unbranched alkanes of at least 4 members (excludes halogenated alkanes) is 11. The summed E-state index contributed by atoms with van der Waals surface area (Å²) < 4.78 is 21.9. The Labute approximate surface area is 393 Å². The van der Waals surface area contributed by atoms with Gasteiger partial charge in [-0.2, -0.15) is 0 Å². The molecule has 11 heteroatoms. The Morgan fingerprint density at radius 1 is 0.697 bits per heavy atom. The zero-order valence-electron chi connectivity index (χ0n) is 39.9. The first-order chi connectivity index (χ1) is 32.1. The molecule has 360 valence electrons. The minimum Gasteiger partial charge on any atom is -0.393 e. The second-order valence-corrected chi connectivity index (χ2v) is 17.7. The number of ether oxygens (including phenoxy) is 1. The van der Waals surface area contributed by atoms with E-state index in [-0.39, 0.29) is 68.4 Å². The molecule has 0 unspecified atom stereocenters. The molecule has 0 aliphatic rings. The van der Waals surface area contributed by atoms with Gasteiger partial charge in [0.1, 0.15) is 5.82 Å². The van der Waals surface area contributed by atoms with Crippen LogP contribution in [0.3, 0.4) is 0 Å². The number of halogens is 1. The van der Waals surface area contributed by atoms with Crippen LogP contribution < -0.4 is 16.0 Å². The molecule has 3 aromatic carbocycles. The van der Waals surface area contributed by atoms with Crippen molar-refractivity contribution in [3.63, 3.8) is 0 Å². The lowest BCUT2D eigenvalue weighted by atomic mass is 9.94. The van der Waals surface area contributed by atoms with Gasteiger partial charge in [-0.1, -0.05) is 133 Å². The first-order valence-corrected chi connectivity index (χ1v) is 24.6. The largest absolute Gasteiger partial charge is 0.393 e. The van der Waals surface area contributed by atoms with E-state index in [4.69, 9.17) is 4.74 Å². The fraction of sp³-hybridized carbons (Fsp3) is 0.509. The minimum absolute atomic E-state index is 0.0238. The van der Waals surface area contributed by atoms with Crippen LogP contribution in [0.4, 0.5) is 10.1 Å². The van der Waals surface area contributed by atoms with E-state index in [0.717, 1.165) is 36.9 Å². The van der Waals surface area contributed by atoms with Crippen molar-refractivity contribution in [3.8, 4) is 22.4 Å². The summed E-state index contributed by atoms with van der Waals surface area (Å²) in [6, 6.07) is 25.0. The number of para-hydroxylation sites is 1. The SMILES string of the molecule is CCCCCCCC/C=C\CCCCCCCC(=O)NCCOCCNC(=O)C[C@H](O)C[C@H](O)CCn1c(-c2ccc(F)cc2)c(-c2ccccc2)c(C(=O)Nc2ccccc2)c1C(C)C. The van der Waals surface area contributed by atoms with Crippen molar-refractivity contribution < 1.29 is 33.7 Å². The predicted molar refractivity (Wildman–Crippen MR) is 266 cm³/mol. The number of nitrogens with one attached hydrogen (secondary N) is 3. The van der Waals surface area contributed by atoms with Crippen molar-refractivity contribution in [2.75, 3.05) is 31.6 Å². The van der Waals surface area contributed by atoms with Gasteiger partial charge >= 0.3 is 0 Å². The zero-order valence-corrected chi connectivity index (χ0v) is 39.9. The summed E-state index contributed by atoms with van der Waals surface area (Å²) in [5.41, 5.74) is 4.83. The number of anilines is 1. The maximum absolute atomic E-state index is 14.3. The molecule has 1 aromatic heterocycles. The molecule has 0 radical (unpaired) electrons. The third kappa shape index (κ3) is 19.4. The average Bonchev–Trinajstić information content (AvgIpc) is 3.66. The molecule has 0 aliphatic carbocycles. The number of rotatable bonds is 33. The molecule has 5 N–H and O–H groups in total. The Morgan fingerprint density at radius 3 is 1.89 bits per heavy atom. The fourth-order valence-electron chi connectivity index (χ4n) is 8.36. The number of carbonyl (C=O) groups is 3. The van der Waals surface area contributed by atoms with Gasteiger partial charge in [-0.25, -0.2) is 4.39 Å². The maximum Gasteiger partial charge on any atom is 0.258 e. The van der Waals surface area contributed by atoms with E-state index in [2.05, 4.69) is 35.0 Å². The first kappa shape index (κ1) is 53.5. The summed E-state index contributed by atoms with van der Waals surface area (Å²) in [6.45, 7) is 7.80. The maximum atomic E-state index is 14.3. The normalized spacial score (nSPS) is 12.4. The van der Waals surface area contributed by atoms with Crippen LogP contribution in [0.25, 0.3) is 22.4 Å². The highest BCUT2D eigenvalue weighted by Gasteiger charge is 2.31. The topological polar surface area (TPSA) is 142 Å². The van der Waals surface area contributed by atoms with Crippen molar-refractivity contribution in [1.82, 2.24) is 15.2 Å². The number of aromatic nitrogens is 1. The van der Waals surface area contributed by atoms with Crippen LogP contribution in [0.15, 0.2) is 97.1 Å². The quantitative estimate of drug-likeness (QED) is 0.0238. The molecule has 4 aromatic rings. The van der Waals surface area contributed by atoms with E-state index >= 15 is 0 Å². The molecule has 3 amide bonds. The summed E-state index contributed by atoms with van der Waals surface area (Å²) in [5, 5.41) is 30.7. The van der Waals surface area contributed by atoms with Crippen LogP contribution in [0.1, 0.15) is 152 Å². The molecule has 10 nitrogen and oxygen atoms in total. The van der Waals surface area contributed by atoms with E-state index in [1.165, 1.54) is 69.9 Å². The Morgan fingerprint density at radius 2 is 1.27 bits per heavy atom. The summed E-state index contributed by atoms with van der Waals surface area (Å²) in [4.78, 5) is 39.2. The Kier molecular flexibility index (Phi) is 25.1. The number of hydrogen-bond acceptors (Lipinski definition) is 6. The predicted octanol–water partition coefficient (Wildman–Crippen LogP) is 11.5. The summed E-state index contributed by atoms with van der Waals surface area (Å²) in [7, 11) is 0. The fourth-order valence-corrected chi connectivity index (χ4v) is 8.36. The molecule has 1 heterocycles. The van der Waals surface area contributed by atoms with Crippen LogP contribution in [0, 0.1) is 5.82 Å². The van der Waals surface area contributed by atoms with Crippen molar-refractivity contribution >= 4 is 23.4 Å². The highest BCUT2D eigenvalue weighted by atomic mass is 19.1. The lowest BCUT2D eigenvalue weighted by molar-refractivity contribution is -0.123. The van der Waals surface area contributed by atoms with E-state index in [9.17, 15) is 29.0 Å². The standard InChI is InChI=1S/C55H77FN4O6/c1-4-5-6-7-8-9-10-11-12-13-14-15-16-17-24-29-49(63)57-35-38-66-39-36-58-50(64)41-48(62)40-47(61)34-37-60-53(42(2)3)52(55(65)59-46-27-22-19-23-28-46)51(43-25-20-18-21-26-43)54(60)44-30-32-45(56)33-31-44/h11-12,18-23,25-28,30-33,42,47-48,61-62H,4-10,13-17,24,29,34-41H2,1-3H3,(H,57,63)(H,58,64)(H,59,65)/b12-11-/t47-,48-/m1/s1. The van der Waals surface area contributed by atoms with Crippen molar-refractivity contribution in [2.24, 2.45) is 0 Å². The first-order valence-electron chi connectivity index (χ1n) is 24.6. The monoisotopic (exact) mass is 909 g/mol. The molecule has 66 heavy (non-hydrogen) atoms. The van der Waals surface area contributed by atoms with Crippen LogP contribution in [-0.4, -0.2) is 71.0 Å². The van der Waals surface area contributed by atoms with Crippen LogP contribution in [0.2, 0.25) is 0 Å². The van der Waals surface area contributed by atoms with E-state index < -0.39 is 12.2 Å². The van der Waals surface area contributed by atoms with Crippen molar-refractivity contribution in [2.45, 2.75) is 155 Å². The number of amides is 3. The number of aliphatic hydroxyl groups excluding tert-OH is 2. The van der Waals surface area contributed by atoms with Gasteiger partial charge in [-0.15, -0.1) is 0 Å². The number of benzene rings is 3. The zero-order chi connectivity index (χ0) is 47.4. The number of nitrogens with zero attached hydrogens (tertiary/aromatic N) is 1. The van der Waals surface area contributed by atoms with Crippen molar-refractivity contribution in [1.29, 1.82) is 0 Å². The summed E-state index contributed by atoms with van der Waals surface area (Å²) in [6.07, 6.45) is 19.0. The van der Waals surface area contributed by atoms with E-state index in [1.54, 1.807) is 12.1 Å². The highest BCUT2D eigenvalue weighted by molar-refractivity contribution is 6.12. The lowest BCUT2D eigenvalue weighted by Crippen LogP contribution is -2.32. The van der Waals surface area contributed by atoms with Gasteiger partial charge in [0, 0.05) is 43.0 Å². The van der Waals surface area contributed by atoms with Crippen LogP contribution in [-0.2, 0) is 20.9 Å². The molecular formula is C55H77FN4O6. The van der Waals surface area contributed by atoms with Crippen molar-refractivity contribution in [3.05, 3.63) is 114 Å². The third-order valence-electron chi connectivity index (χ3n) is 11.7. The van der Waals surface area contributed by atoms with Crippen LogP contribution in [0.5, 0.6) is 0 Å². The molecule has 0 saturated carbocycles. The number of allylic oxidation sites excluding steroid dienone is 2. The molecule has 0 spiro atoms. The molecule has 2 atom stereocenters. The van der Waals surface area contributed by atoms with Gasteiger partial charge in [0.2, 0.25) is 11.8 Å².